The minimum Gasteiger partial charge on any atom is -0.445 e. The quantitative estimate of drug-likeness (QED) is 0.314. The number of thiazole rings is 1. The molecule has 0 aliphatic carbocycles. The van der Waals surface area contributed by atoms with Gasteiger partial charge in [0.1, 0.15) is 17.6 Å². The second-order valence-corrected chi connectivity index (χ2v) is 11.1. The summed E-state index contributed by atoms with van der Waals surface area (Å²) in [4.78, 5) is 49.2. The van der Waals surface area contributed by atoms with Crippen LogP contribution < -0.4 is 21.5 Å². The van der Waals surface area contributed by atoms with Gasteiger partial charge in [0.25, 0.3) is 11.5 Å². The Morgan fingerprint density at radius 1 is 1.27 bits per heavy atom. The molecule has 0 radical (unpaired) electrons. The average Bonchev–Trinajstić information content (AvgIpc) is 3.60. The number of anilines is 2. The highest BCUT2D eigenvalue weighted by Crippen LogP contribution is 2.27. The SMILES string of the molecule is CC(C)(C)c1csc(NC(=O)c2ccn3c(=O)c(/C=C/c4nn[nH]n4)c(N4CCC[C@@H](OC(N)=O)C4)nc3c2)n1. The summed E-state index contributed by atoms with van der Waals surface area (Å²) in [6.07, 6.45) is 4.64. The van der Waals surface area contributed by atoms with Crippen molar-refractivity contribution in [1.82, 2.24) is 35.0 Å². The Balaban J connectivity index is 1.51. The molecule has 0 aromatic carbocycles. The van der Waals surface area contributed by atoms with E-state index in [-0.39, 0.29) is 33.9 Å². The Morgan fingerprint density at radius 3 is 2.80 bits per heavy atom. The number of hydrogen-bond acceptors (Lipinski definition) is 11. The standard InChI is InChI=1S/C25H28N10O4S/c1-25(2,3)17-13-40-24(27-17)29-21(36)14-8-10-35-19(11-14)28-20(34-9-4-5-15(12-34)39-23(26)38)16(22(35)37)6-7-18-30-32-33-31-18/h6-8,10-11,13,15H,4-5,9,12H2,1-3H3,(H2,26,38)(H,27,29,36)(H,30,31,32,33)/b7-6+/t15-/m1/s1. The number of nitrogens with one attached hydrogen (secondary N) is 2. The van der Waals surface area contributed by atoms with E-state index in [1.807, 2.05) is 31.1 Å². The van der Waals surface area contributed by atoms with E-state index in [9.17, 15) is 14.4 Å². The maximum Gasteiger partial charge on any atom is 0.404 e. The van der Waals surface area contributed by atoms with Crippen LogP contribution in [-0.4, -0.2) is 66.2 Å². The fourth-order valence-electron chi connectivity index (χ4n) is 4.30. The summed E-state index contributed by atoms with van der Waals surface area (Å²) >= 11 is 1.35. The number of tetrazole rings is 1. The summed E-state index contributed by atoms with van der Waals surface area (Å²) in [5.74, 6) is 0.282. The first kappa shape index (κ1) is 26.9. The maximum absolute atomic E-state index is 13.6. The monoisotopic (exact) mass is 564 g/mol. The molecule has 40 heavy (non-hydrogen) atoms. The molecular formula is C25H28N10O4S. The highest BCUT2D eigenvalue weighted by molar-refractivity contribution is 7.14. The molecule has 2 amide bonds. The fraction of sp³-hybridized carbons (Fsp3) is 0.360. The van der Waals surface area contributed by atoms with Gasteiger partial charge in [-0.1, -0.05) is 20.8 Å². The van der Waals surface area contributed by atoms with Gasteiger partial charge in [-0.2, -0.15) is 5.21 Å². The maximum atomic E-state index is 13.6. The number of nitrogens with zero attached hydrogens (tertiary/aromatic N) is 7. The number of rotatable bonds is 6. The molecule has 0 spiro atoms. The van der Waals surface area contributed by atoms with Crippen LogP contribution >= 0.6 is 11.3 Å². The number of hydrogen-bond donors (Lipinski definition) is 3. The Morgan fingerprint density at radius 2 is 2.10 bits per heavy atom. The van der Waals surface area contributed by atoms with Crippen molar-refractivity contribution in [3.8, 4) is 0 Å². The predicted molar refractivity (Wildman–Crippen MR) is 149 cm³/mol. The molecule has 1 aliphatic rings. The van der Waals surface area contributed by atoms with E-state index in [2.05, 4.69) is 30.9 Å². The van der Waals surface area contributed by atoms with Crippen LogP contribution in [0.25, 0.3) is 17.8 Å². The largest absolute Gasteiger partial charge is 0.445 e. The van der Waals surface area contributed by atoms with Crippen LogP contribution in [0.2, 0.25) is 0 Å². The van der Waals surface area contributed by atoms with Gasteiger partial charge in [0.15, 0.2) is 11.0 Å². The normalized spacial score (nSPS) is 16.0. The first-order chi connectivity index (χ1) is 19.1. The molecule has 1 saturated heterocycles. The lowest BCUT2D eigenvalue weighted by atomic mass is 9.93. The number of carbonyl (C=O) groups excluding carboxylic acids is 2. The average molecular weight is 565 g/mol. The molecule has 4 aromatic heterocycles. The molecule has 1 aliphatic heterocycles. The fourth-order valence-corrected chi connectivity index (χ4v) is 5.23. The lowest BCUT2D eigenvalue weighted by Crippen LogP contribution is -2.43. The molecule has 0 bridgehead atoms. The van der Waals surface area contributed by atoms with Crippen molar-refractivity contribution in [2.75, 3.05) is 23.3 Å². The van der Waals surface area contributed by atoms with E-state index in [4.69, 9.17) is 15.5 Å². The third-order valence-electron chi connectivity index (χ3n) is 6.32. The molecule has 4 N–H and O–H groups in total. The van der Waals surface area contributed by atoms with Crippen LogP contribution in [0.1, 0.15) is 61.1 Å². The molecule has 5 rings (SSSR count). The van der Waals surface area contributed by atoms with Gasteiger partial charge in [-0.25, -0.2) is 14.8 Å². The van der Waals surface area contributed by atoms with Crippen molar-refractivity contribution in [1.29, 1.82) is 0 Å². The number of carbonyl (C=O) groups is 2. The van der Waals surface area contributed by atoms with Gasteiger partial charge >= 0.3 is 6.09 Å². The minimum absolute atomic E-state index is 0.143. The van der Waals surface area contributed by atoms with Gasteiger partial charge < -0.3 is 15.4 Å². The topological polar surface area (TPSA) is 186 Å². The van der Waals surface area contributed by atoms with Crippen molar-refractivity contribution < 1.29 is 14.3 Å². The Hall–Kier alpha value is -4.66. The number of pyridine rings is 1. The Bertz CT molecular complexity index is 1640. The first-order valence-corrected chi connectivity index (χ1v) is 13.4. The third kappa shape index (κ3) is 5.83. The van der Waals surface area contributed by atoms with Gasteiger partial charge in [0, 0.05) is 29.1 Å². The van der Waals surface area contributed by atoms with E-state index >= 15 is 0 Å². The number of fused-ring (bicyclic) bond motifs is 1. The van der Waals surface area contributed by atoms with Gasteiger partial charge in [-0.3, -0.25) is 19.3 Å². The summed E-state index contributed by atoms with van der Waals surface area (Å²) in [5.41, 5.74) is 6.48. The third-order valence-corrected chi connectivity index (χ3v) is 7.08. The van der Waals surface area contributed by atoms with Gasteiger partial charge in [-0.05, 0) is 42.3 Å². The van der Waals surface area contributed by atoms with Gasteiger partial charge in [0.2, 0.25) is 0 Å². The smallest absolute Gasteiger partial charge is 0.404 e. The van der Waals surface area contributed by atoms with Crippen LogP contribution in [0.15, 0.2) is 28.5 Å². The number of amides is 2. The summed E-state index contributed by atoms with van der Waals surface area (Å²) in [6.45, 7) is 7.02. The molecule has 0 unspecified atom stereocenters. The lowest BCUT2D eigenvalue weighted by Gasteiger charge is -2.33. The highest BCUT2D eigenvalue weighted by atomic mass is 32.1. The molecular weight excluding hydrogens is 536 g/mol. The van der Waals surface area contributed by atoms with Crippen LogP contribution in [0.5, 0.6) is 0 Å². The summed E-state index contributed by atoms with van der Waals surface area (Å²) in [7, 11) is 0. The lowest BCUT2D eigenvalue weighted by molar-refractivity contribution is 0.0963. The Labute approximate surface area is 232 Å². The zero-order valence-corrected chi connectivity index (χ0v) is 22.9. The molecule has 4 aromatic rings. The number of piperidine rings is 1. The molecule has 0 saturated carbocycles. The number of ether oxygens (including phenoxy) is 1. The summed E-state index contributed by atoms with van der Waals surface area (Å²) < 4.78 is 6.59. The first-order valence-electron chi connectivity index (χ1n) is 12.5. The van der Waals surface area contributed by atoms with E-state index in [1.54, 1.807) is 24.3 Å². The molecule has 1 fully saturated rings. The van der Waals surface area contributed by atoms with E-state index in [0.717, 1.165) is 5.69 Å². The second kappa shape index (κ2) is 10.8. The van der Waals surface area contributed by atoms with Crippen molar-refractivity contribution in [2.24, 2.45) is 5.73 Å². The van der Waals surface area contributed by atoms with Gasteiger partial charge in [-0.15, -0.1) is 21.5 Å². The van der Waals surface area contributed by atoms with Crippen LogP contribution in [0.3, 0.4) is 0 Å². The highest BCUT2D eigenvalue weighted by Gasteiger charge is 2.26. The van der Waals surface area contributed by atoms with E-state index < -0.39 is 12.2 Å². The van der Waals surface area contributed by atoms with Crippen molar-refractivity contribution >= 4 is 52.1 Å². The van der Waals surface area contributed by atoms with Gasteiger partial charge in [0.05, 0.1) is 17.8 Å². The molecule has 208 valence electrons. The zero-order valence-electron chi connectivity index (χ0n) is 22.1. The van der Waals surface area contributed by atoms with Crippen LogP contribution in [0, 0.1) is 0 Å². The van der Waals surface area contributed by atoms with Crippen molar-refractivity contribution in [2.45, 2.75) is 45.1 Å². The van der Waals surface area contributed by atoms with Crippen LogP contribution in [0.4, 0.5) is 15.7 Å². The zero-order chi connectivity index (χ0) is 28.4. The summed E-state index contributed by atoms with van der Waals surface area (Å²) in [5, 5.41) is 18.9. The molecule has 14 nitrogen and oxygen atoms in total. The number of aromatic amines is 1. The van der Waals surface area contributed by atoms with Crippen LogP contribution in [-0.2, 0) is 10.2 Å². The number of H-pyrrole nitrogens is 1. The molecule has 5 heterocycles. The van der Waals surface area contributed by atoms with Crippen molar-refractivity contribution in [3.05, 3.63) is 56.7 Å². The van der Waals surface area contributed by atoms with E-state index in [0.29, 0.717) is 42.4 Å². The molecule has 1 atom stereocenters. The minimum atomic E-state index is -0.860. The predicted octanol–water partition coefficient (Wildman–Crippen LogP) is 2.45. The number of primary amides is 1. The van der Waals surface area contributed by atoms with E-state index in [1.165, 1.54) is 21.9 Å². The summed E-state index contributed by atoms with van der Waals surface area (Å²) in [6, 6.07) is 3.10. The Kier molecular flexibility index (Phi) is 7.30. The van der Waals surface area contributed by atoms with Crippen molar-refractivity contribution in [3.63, 3.8) is 0 Å². The molecule has 15 heteroatoms. The number of aromatic nitrogens is 7. The second-order valence-electron chi connectivity index (χ2n) is 10.3. The number of nitrogens with two attached hydrogens (primary N) is 1.